The van der Waals surface area contributed by atoms with Crippen molar-refractivity contribution in [3.63, 3.8) is 0 Å². The van der Waals surface area contributed by atoms with Gasteiger partial charge in [0.25, 0.3) is 0 Å². The molecule has 0 aliphatic heterocycles. The molecule has 4 bridgehead atoms. The standard InChI is InChI=1S/C18H26O5/c1-12(13(20)21)3-4-16-5-15(2)6-17(8-16,11-19)10-18(7-15,9-16)14(22)23/h19H,1,3-11H2,2H3,(H,20,21)(H,22,23). The maximum absolute atomic E-state index is 12.0. The molecule has 0 aromatic heterocycles. The lowest BCUT2D eigenvalue weighted by molar-refractivity contribution is -0.220. The summed E-state index contributed by atoms with van der Waals surface area (Å²) in [6.07, 6.45) is 5.53. The highest BCUT2D eigenvalue weighted by atomic mass is 16.4. The third kappa shape index (κ3) is 2.49. The Hall–Kier alpha value is -1.36. The van der Waals surface area contributed by atoms with Crippen LogP contribution in [0.2, 0.25) is 0 Å². The molecular weight excluding hydrogens is 296 g/mol. The summed E-state index contributed by atoms with van der Waals surface area (Å²) in [5.74, 6) is -1.73. The van der Waals surface area contributed by atoms with Crippen LogP contribution in [0.3, 0.4) is 0 Å². The summed E-state index contributed by atoms with van der Waals surface area (Å²) in [5, 5.41) is 29.0. The summed E-state index contributed by atoms with van der Waals surface area (Å²) in [4.78, 5) is 23.1. The molecular formula is C18H26O5. The molecule has 0 saturated heterocycles. The summed E-state index contributed by atoms with van der Waals surface area (Å²) in [5.41, 5.74) is -1.12. The van der Waals surface area contributed by atoms with Gasteiger partial charge < -0.3 is 15.3 Å². The maximum atomic E-state index is 12.0. The van der Waals surface area contributed by atoms with Gasteiger partial charge in [0, 0.05) is 12.2 Å². The average molecular weight is 322 g/mol. The van der Waals surface area contributed by atoms with Gasteiger partial charge in [0.2, 0.25) is 0 Å². The molecule has 0 aromatic carbocycles. The molecule has 0 aromatic rings. The lowest BCUT2D eigenvalue weighted by Gasteiger charge is -2.69. The molecule has 4 aliphatic carbocycles. The molecule has 4 fully saturated rings. The fourth-order valence-corrected chi connectivity index (χ4v) is 6.79. The van der Waals surface area contributed by atoms with Crippen LogP contribution in [0, 0.1) is 21.7 Å². The first-order chi connectivity index (χ1) is 10.6. The highest BCUT2D eigenvalue weighted by Gasteiger charge is 2.68. The fourth-order valence-electron chi connectivity index (χ4n) is 6.79. The quantitative estimate of drug-likeness (QED) is 0.654. The minimum atomic E-state index is -0.981. The first-order valence-electron chi connectivity index (χ1n) is 8.33. The number of aliphatic hydroxyl groups excluding tert-OH is 1. The predicted octanol–water partition coefficient (Wildman–Crippen LogP) is 2.83. The first kappa shape index (κ1) is 16.5. The van der Waals surface area contributed by atoms with Crippen LogP contribution < -0.4 is 0 Å². The van der Waals surface area contributed by atoms with Gasteiger partial charge in [0.1, 0.15) is 0 Å². The second-order valence-corrected chi connectivity index (χ2v) is 9.02. The molecule has 3 N–H and O–H groups in total. The molecule has 0 spiro atoms. The molecule has 0 heterocycles. The Morgan fingerprint density at radius 1 is 1.00 bits per heavy atom. The number of carboxylic acids is 2. The molecule has 0 radical (unpaired) electrons. The van der Waals surface area contributed by atoms with Crippen molar-refractivity contribution in [3.8, 4) is 0 Å². The van der Waals surface area contributed by atoms with Crippen LogP contribution in [0.15, 0.2) is 12.2 Å². The smallest absolute Gasteiger partial charge is 0.330 e. The Kier molecular flexibility index (Phi) is 3.46. The molecule has 4 rings (SSSR count). The van der Waals surface area contributed by atoms with Gasteiger partial charge in [-0.1, -0.05) is 13.5 Å². The van der Waals surface area contributed by atoms with Crippen LogP contribution in [0.4, 0.5) is 0 Å². The molecule has 5 heteroatoms. The van der Waals surface area contributed by atoms with Gasteiger partial charge in [0.15, 0.2) is 0 Å². The lowest BCUT2D eigenvalue weighted by Crippen LogP contribution is -2.63. The number of rotatable bonds is 6. The zero-order valence-corrected chi connectivity index (χ0v) is 13.7. The van der Waals surface area contributed by atoms with Crippen LogP contribution >= 0.6 is 0 Å². The number of aliphatic hydroxyl groups is 1. The topological polar surface area (TPSA) is 94.8 Å². The van der Waals surface area contributed by atoms with Gasteiger partial charge in [0.05, 0.1) is 5.41 Å². The Morgan fingerprint density at radius 2 is 1.61 bits per heavy atom. The second kappa shape index (κ2) is 4.82. The Balaban J connectivity index is 1.94. The highest BCUT2D eigenvalue weighted by molar-refractivity contribution is 5.85. The van der Waals surface area contributed by atoms with Crippen molar-refractivity contribution in [2.45, 2.75) is 58.3 Å². The van der Waals surface area contributed by atoms with Gasteiger partial charge in [-0.05, 0) is 67.6 Å². The molecule has 5 nitrogen and oxygen atoms in total. The Bertz CT molecular complexity index is 584. The highest BCUT2D eigenvalue weighted by Crippen LogP contribution is 2.74. The van der Waals surface area contributed by atoms with Crippen molar-refractivity contribution >= 4 is 11.9 Å². The molecule has 4 saturated carbocycles. The number of carboxylic acid groups (broad SMARTS) is 2. The summed E-state index contributed by atoms with van der Waals surface area (Å²) in [6.45, 7) is 5.79. The number of carbonyl (C=O) groups is 2. The zero-order valence-electron chi connectivity index (χ0n) is 13.7. The SMILES string of the molecule is C=C(CCC12CC3(C)CC(CO)(C1)CC(C(=O)O)(C3)C2)C(=O)O. The summed E-state index contributed by atoms with van der Waals surface area (Å²) >= 11 is 0. The van der Waals surface area contributed by atoms with Crippen molar-refractivity contribution in [1.29, 1.82) is 0 Å². The molecule has 0 amide bonds. The van der Waals surface area contributed by atoms with Gasteiger partial charge in [-0.15, -0.1) is 0 Å². The van der Waals surface area contributed by atoms with Crippen molar-refractivity contribution < 1.29 is 24.9 Å². The minimum Gasteiger partial charge on any atom is -0.481 e. The Morgan fingerprint density at radius 3 is 2.17 bits per heavy atom. The monoisotopic (exact) mass is 322 g/mol. The fraction of sp³-hybridized carbons (Fsp3) is 0.778. The third-order valence-electron chi connectivity index (χ3n) is 6.59. The average Bonchev–Trinajstić information content (AvgIpc) is 2.42. The summed E-state index contributed by atoms with van der Waals surface area (Å²) in [6, 6.07) is 0. The van der Waals surface area contributed by atoms with E-state index >= 15 is 0 Å². The van der Waals surface area contributed by atoms with Gasteiger partial charge in [-0.2, -0.15) is 0 Å². The second-order valence-electron chi connectivity index (χ2n) is 9.02. The van der Waals surface area contributed by atoms with E-state index in [2.05, 4.69) is 13.5 Å². The molecule has 4 atom stereocenters. The van der Waals surface area contributed by atoms with Crippen LogP contribution in [-0.2, 0) is 9.59 Å². The van der Waals surface area contributed by atoms with Crippen LogP contribution in [0.1, 0.15) is 58.3 Å². The first-order valence-corrected chi connectivity index (χ1v) is 8.33. The van der Waals surface area contributed by atoms with E-state index in [0.29, 0.717) is 32.1 Å². The van der Waals surface area contributed by atoms with E-state index in [0.717, 1.165) is 19.3 Å². The van der Waals surface area contributed by atoms with Gasteiger partial charge in [-0.3, -0.25) is 4.79 Å². The van der Waals surface area contributed by atoms with E-state index < -0.39 is 17.4 Å². The van der Waals surface area contributed by atoms with Gasteiger partial charge >= 0.3 is 11.9 Å². The van der Waals surface area contributed by atoms with Crippen molar-refractivity contribution in [2.24, 2.45) is 21.7 Å². The number of hydrogen-bond donors (Lipinski definition) is 3. The van der Waals surface area contributed by atoms with Crippen LogP contribution in [0.25, 0.3) is 0 Å². The molecule has 23 heavy (non-hydrogen) atoms. The maximum Gasteiger partial charge on any atom is 0.330 e. The number of hydrogen-bond acceptors (Lipinski definition) is 3. The lowest BCUT2D eigenvalue weighted by atomic mass is 9.35. The minimum absolute atomic E-state index is 0.0270. The predicted molar refractivity (Wildman–Crippen MR) is 83.8 cm³/mol. The van der Waals surface area contributed by atoms with E-state index in [1.165, 1.54) is 0 Å². The molecule has 4 unspecified atom stereocenters. The van der Waals surface area contributed by atoms with E-state index in [-0.39, 0.29) is 28.4 Å². The zero-order chi connectivity index (χ0) is 17.1. The van der Waals surface area contributed by atoms with Gasteiger partial charge in [-0.25, -0.2) is 4.79 Å². The summed E-state index contributed by atoms with van der Waals surface area (Å²) < 4.78 is 0. The molecule has 4 aliphatic rings. The van der Waals surface area contributed by atoms with E-state index in [1.54, 1.807) is 0 Å². The number of aliphatic carboxylic acids is 2. The van der Waals surface area contributed by atoms with E-state index in [4.69, 9.17) is 5.11 Å². The largest absolute Gasteiger partial charge is 0.481 e. The van der Waals surface area contributed by atoms with E-state index in [9.17, 15) is 19.8 Å². The van der Waals surface area contributed by atoms with E-state index in [1.807, 2.05) is 0 Å². The van der Waals surface area contributed by atoms with Crippen LogP contribution in [-0.4, -0.2) is 33.9 Å². The normalized spacial score (nSPS) is 44.3. The summed E-state index contributed by atoms with van der Waals surface area (Å²) in [7, 11) is 0. The third-order valence-corrected chi connectivity index (χ3v) is 6.59. The molecule has 128 valence electrons. The van der Waals surface area contributed by atoms with Crippen molar-refractivity contribution in [2.75, 3.05) is 6.61 Å². The van der Waals surface area contributed by atoms with Crippen molar-refractivity contribution in [1.82, 2.24) is 0 Å². The van der Waals surface area contributed by atoms with Crippen LogP contribution in [0.5, 0.6) is 0 Å². The Labute approximate surface area is 136 Å². The van der Waals surface area contributed by atoms with Crippen molar-refractivity contribution in [3.05, 3.63) is 12.2 Å².